The molecule has 2 heterocycles. The highest BCUT2D eigenvalue weighted by atomic mass is 79.9. The smallest absolute Gasteiger partial charge is 0.104 e. The molecule has 0 bridgehead atoms. The zero-order valence-corrected chi connectivity index (χ0v) is 12.9. The molecule has 1 fully saturated rings. The van der Waals surface area contributed by atoms with Crippen molar-refractivity contribution in [1.82, 2.24) is 5.32 Å². The predicted octanol–water partition coefficient (Wildman–Crippen LogP) is 3.98. The minimum absolute atomic E-state index is 0.214. The Morgan fingerprint density at radius 2 is 2.29 bits per heavy atom. The van der Waals surface area contributed by atoms with Crippen LogP contribution in [0, 0.1) is 5.41 Å². The molecule has 0 amide bonds. The first kappa shape index (κ1) is 13.5. The molecule has 1 aliphatic heterocycles. The van der Waals surface area contributed by atoms with Crippen LogP contribution in [0.2, 0.25) is 0 Å². The molecule has 0 saturated carbocycles. The average Bonchev–Trinajstić information content (AvgIpc) is 2.66. The van der Waals surface area contributed by atoms with Crippen molar-refractivity contribution in [3.8, 4) is 0 Å². The SMILES string of the molecule is CCC1(CC)CNCC(c2cc(Br)cs2)OC1. The lowest BCUT2D eigenvalue weighted by Gasteiger charge is -2.29. The second kappa shape index (κ2) is 5.83. The standard InChI is InChI=1S/C13H20BrNOS/c1-3-13(4-2)8-15-6-11(16-9-13)12-5-10(14)7-17-12/h5,7,11,15H,3-4,6,8-9H2,1-2H3. The second-order valence-electron chi connectivity index (χ2n) is 4.80. The van der Waals surface area contributed by atoms with Gasteiger partial charge >= 0.3 is 0 Å². The summed E-state index contributed by atoms with van der Waals surface area (Å²) in [5, 5.41) is 5.69. The van der Waals surface area contributed by atoms with Crippen molar-refractivity contribution < 1.29 is 4.74 Å². The van der Waals surface area contributed by atoms with Crippen molar-refractivity contribution in [3.63, 3.8) is 0 Å². The van der Waals surface area contributed by atoms with Crippen LogP contribution in [0.1, 0.15) is 37.7 Å². The molecular weight excluding hydrogens is 298 g/mol. The van der Waals surface area contributed by atoms with E-state index in [-0.39, 0.29) is 6.10 Å². The number of thiophene rings is 1. The number of hydrogen-bond acceptors (Lipinski definition) is 3. The molecule has 96 valence electrons. The van der Waals surface area contributed by atoms with Gasteiger partial charge in [-0.15, -0.1) is 11.3 Å². The minimum atomic E-state index is 0.214. The van der Waals surface area contributed by atoms with Crippen molar-refractivity contribution in [3.05, 3.63) is 20.8 Å². The van der Waals surface area contributed by atoms with Crippen molar-refractivity contribution in [2.24, 2.45) is 5.41 Å². The lowest BCUT2D eigenvalue weighted by molar-refractivity contribution is 0.0119. The van der Waals surface area contributed by atoms with Gasteiger partial charge in [0.05, 0.1) is 6.61 Å². The van der Waals surface area contributed by atoms with E-state index in [0.29, 0.717) is 5.41 Å². The Bertz CT molecular complexity index is 362. The normalized spacial score (nSPS) is 24.5. The molecule has 0 radical (unpaired) electrons. The maximum absolute atomic E-state index is 6.13. The molecule has 4 heteroatoms. The molecule has 1 aliphatic rings. The minimum Gasteiger partial charge on any atom is -0.371 e. The summed E-state index contributed by atoms with van der Waals surface area (Å²) in [7, 11) is 0. The van der Waals surface area contributed by atoms with E-state index in [1.54, 1.807) is 11.3 Å². The van der Waals surface area contributed by atoms with Gasteiger partial charge in [-0.2, -0.15) is 0 Å². The summed E-state index contributed by atoms with van der Waals surface area (Å²) in [5.41, 5.74) is 0.323. The molecule has 0 spiro atoms. The van der Waals surface area contributed by atoms with Crippen LogP contribution < -0.4 is 5.32 Å². The lowest BCUT2D eigenvalue weighted by atomic mass is 9.83. The summed E-state index contributed by atoms with van der Waals surface area (Å²) in [6.45, 7) is 7.39. The topological polar surface area (TPSA) is 21.3 Å². The summed E-state index contributed by atoms with van der Waals surface area (Å²) in [6, 6.07) is 2.17. The number of nitrogens with one attached hydrogen (secondary N) is 1. The van der Waals surface area contributed by atoms with E-state index in [2.05, 4.69) is 46.5 Å². The quantitative estimate of drug-likeness (QED) is 0.910. The number of hydrogen-bond donors (Lipinski definition) is 1. The van der Waals surface area contributed by atoms with Gasteiger partial charge in [0.2, 0.25) is 0 Å². The van der Waals surface area contributed by atoms with Crippen molar-refractivity contribution in [2.45, 2.75) is 32.8 Å². The van der Waals surface area contributed by atoms with E-state index < -0.39 is 0 Å². The summed E-state index contributed by atoms with van der Waals surface area (Å²) >= 11 is 5.27. The van der Waals surface area contributed by atoms with Crippen LogP contribution in [0.25, 0.3) is 0 Å². The highest BCUT2D eigenvalue weighted by molar-refractivity contribution is 9.10. The van der Waals surface area contributed by atoms with Gasteiger partial charge < -0.3 is 10.1 Å². The maximum Gasteiger partial charge on any atom is 0.104 e. The molecule has 0 aliphatic carbocycles. The van der Waals surface area contributed by atoms with Crippen LogP contribution in [-0.2, 0) is 4.74 Å². The predicted molar refractivity (Wildman–Crippen MR) is 76.6 cm³/mol. The Hall–Kier alpha value is 0.1000. The molecule has 1 unspecified atom stereocenters. The number of rotatable bonds is 3. The van der Waals surface area contributed by atoms with Gasteiger partial charge in [0.25, 0.3) is 0 Å². The lowest BCUT2D eigenvalue weighted by Crippen LogP contribution is -2.34. The molecule has 17 heavy (non-hydrogen) atoms. The molecule has 0 aromatic carbocycles. The fourth-order valence-corrected chi connectivity index (χ4v) is 3.73. The Kier molecular flexibility index (Phi) is 4.64. The Morgan fingerprint density at radius 1 is 1.53 bits per heavy atom. The molecule has 1 aromatic rings. The Morgan fingerprint density at radius 3 is 2.88 bits per heavy atom. The van der Waals surface area contributed by atoms with Crippen LogP contribution in [-0.4, -0.2) is 19.7 Å². The summed E-state index contributed by atoms with van der Waals surface area (Å²) in [4.78, 5) is 1.31. The average molecular weight is 318 g/mol. The first-order valence-corrected chi connectivity index (χ1v) is 7.92. The van der Waals surface area contributed by atoms with Crippen LogP contribution in [0.5, 0.6) is 0 Å². The van der Waals surface area contributed by atoms with Gasteiger partial charge in [0, 0.05) is 33.2 Å². The van der Waals surface area contributed by atoms with Gasteiger partial charge in [-0.25, -0.2) is 0 Å². The molecule has 1 atom stereocenters. The highest BCUT2D eigenvalue weighted by Gasteiger charge is 2.31. The second-order valence-corrected chi connectivity index (χ2v) is 6.66. The Balaban J connectivity index is 2.05. The molecule has 1 N–H and O–H groups in total. The van der Waals surface area contributed by atoms with Gasteiger partial charge in [0.1, 0.15) is 6.10 Å². The van der Waals surface area contributed by atoms with E-state index in [0.717, 1.165) is 24.2 Å². The van der Waals surface area contributed by atoms with Gasteiger partial charge in [-0.1, -0.05) is 13.8 Å². The van der Waals surface area contributed by atoms with E-state index >= 15 is 0 Å². The van der Waals surface area contributed by atoms with E-state index in [1.807, 2.05) is 0 Å². The van der Waals surface area contributed by atoms with E-state index in [4.69, 9.17) is 4.74 Å². The summed E-state index contributed by atoms with van der Waals surface area (Å²) < 4.78 is 7.28. The Labute approximate surface area is 116 Å². The fraction of sp³-hybridized carbons (Fsp3) is 0.692. The summed E-state index contributed by atoms with van der Waals surface area (Å²) in [5.74, 6) is 0. The molecular formula is C13H20BrNOS. The van der Waals surface area contributed by atoms with Crippen molar-refractivity contribution in [2.75, 3.05) is 19.7 Å². The molecule has 1 aromatic heterocycles. The zero-order valence-electron chi connectivity index (χ0n) is 10.5. The fourth-order valence-electron chi connectivity index (χ4n) is 2.24. The third kappa shape index (κ3) is 3.11. The van der Waals surface area contributed by atoms with Crippen molar-refractivity contribution in [1.29, 1.82) is 0 Å². The third-order valence-electron chi connectivity index (χ3n) is 3.83. The molecule has 2 nitrogen and oxygen atoms in total. The highest BCUT2D eigenvalue weighted by Crippen LogP contribution is 2.34. The largest absolute Gasteiger partial charge is 0.371 e. The molecule has 1 saturated heterocycles. The first-order valence-electron chi connectivity index (χ1n) is 6.25. The van der Waals surface area contributed by atoms with E-state index in [9.17, 15) is 0 Å². The van der Waals surface area contributed by atoms with Crippen molar-refractivity contribution >= 4 is 27.3 Å². The number of halogens is 1. The summed E-state index contributed by atoms with van der Waals surface area (Å²) in [6.07, 6.45) is 2.57. The first-order chi connectivity index (χ1) is 8.19. The van der Waals surface area contributed by atoms with Gasteiger partial charge in [0.15, 0.2) is 0 Å². The van der Waals surface area contributed by atoms with Gasteiger partial charge in [-0.05, 0) is 34.8 Å². The van der Waals surface area contributed by atoms with Crippen LogP contribution in [0.3, 0.4) is 0 Å². The van der Waals surface area contributed by atoms with Crippen LogP contribution >= 0.6 is 27.3 Å². The third-order valence-corrected chi connectivity index (χ3v) is 5.61. The van der Waals surface area contributed by atoms with E-state index in [1.165, 1.54) is 17.7 Å². The zero-order chi connectivity index (χ0) is 12.3. The van der Waals surface area contributed by atoms with Crippen LogP contribution in [0.4, 0.5) is 0 Å². The maximum atomic E-state index is 6.13. The van der Waals surface area contributed by atoms with Gasteiger partial charge in [-0.3, -0.25) is 0 Å². The van der Waals surface area contributed by atoms with Crippen LogP contribution in [0.15, 0.2) is 15.9 Å². The number of ether oxygens (including phenoxy) is 1. The molecule has 2 rings (SSSR count). The monoisotopic (exact) mass is 317 g/mol.